The zero-order valence-electron chi connectivity index (χ0n) is 9.46. The summed E-state index contributed by atoms with van der Waals surface area (Å²) < 4.78 is 21.0. The topological polar surface area (TPSA) is 71.1 Å². The average molecular weight is 242 g/mol. The molecule has 0 aromatic heterocycles. The van der Waals surface area contributed by atoms with Crippen molar-refractivity contribution in [1.29, 1.82) is 0 Å². The van der Waals surface area contributed by atoms with Crippen molar-refractivity contribution in [1.82, 2.24) is 0 Å². The molecule has 6 heteroatoms. The molecule has 0 aliphatic carbocycles. The summed E-state index contributed by atoms with van der Waals surface area (Å²) in [5, 5.41) is 0. The Hall–Kier alpha value is -1.40. The van der Waals surface area contributed by atoms with E-state index in [1.807, 2.05) is 0 Å². The van der Waals surface area contributed by atoms with Gasteiger partial charge in [0.15, 0.2) is 12.2 Å². The molecule has 2 fully saturated rings. The lowest BCUT2D eigenvalue weighted by molar-refractivity contribution is -0.151. The van der Waals surface area contributed by atoms with E-state index in [-0.39, 0.29) is 31.4 Å². The Kier molecular flexibility index (Phi) is 3.44. The first-order valence-electron chi connectivity index (χ1n) is 5.35. The van der Waals surface area contributed by atoms with Crippen LogP contribution in [0.25, 0.3) is 0 Å². The van der Waals surface area contributed by atoms with E-state index in [0.717, 1.165) is 6.08 Å². The number of rotatable bonds is 3. The summed E-state index contributed by atoms with van der Waals surface area (Å²) >= 11 is 0. The second-order valence-electron chi connectivity index (χ2n) is 3.92. The van der Waals surface area contributed by atoms with Gasteiger partial charge >= 0.3 is 11.9 Å². The minimum Gasteiger partial charge on any atom is -0.457 e. The third kappa shape index (κ3) is 2.48. The van der Waals surface area contributed by atoms with Gasteiger partial charge in [-0.1, -0.05) is 6.58 Å². The van der Waals surface area contributed by atoms with Crippen molar-refractivity contribution < 1.29 is 28.5 Å². The Bertz CT molecular complexity index is 339. The van der Waals surface area contributed by atoms with Gasteiger partial charge in [0.25, 0.3) is 0 Å². The van der Waals surface area contributed by atoms with Crippen LogP contribution < -0.4 is 0 Å². The molecule has 94 valence electrons. The minimum absolute atomic E-state index is 0.243. The van der Waals surface area contributed by atoms with Crippen LogP contribution in [0.1, 0.15) is 6.92 Å². The van der Waals surface area contributed by atoms with Crippen LogP contribution in [0.2, 0.25) is 0 Å². The van der Waals surface area contributed by atoms with Crippen LogP contribution in [-0.4, -0.2) is 49.6 Å². The Balaban J connectivity index is 1.94. The molecule has 6 nitrogen and oxygen atoms in total. The number of carbonyl (C=O) groups excluding carboxylic acids is 2. The average Bonchev–Trinajstić information content (AvgIpc) is 2.83. The highest BCUT2D eigenvalue weighted by Crippen LogP contribution is 2.30. The molecule has 2 saturated heterocycles. The molecule has 2 rings (SSSR count). The zero-order valence-corrected chi connectivity index (χ0v) is 9.46. The maximum absolute atomic E-state index is 11.1. The van der Waals surface area contributed by atoms with E-state index in [9.17, 15) is 9.59 Å². The van der Waals surface area contributed by atoms with Crippen molar-refractivity contribution in [3.05, 3.63) is 12.7 Å². The van der Waals surface area contributed by atoms with Gasteiger partial charge in [-0.05, 0) is 0 Å². The number of esters is 2. The molecule has 0 unspecified atom stereocenters. The van der Waals surface area contributed by atoms with Crippen molar-refractivity contribution in [2.75, 3.05) is 13.2 Å². The lowest BCUT2D eigenvalue weighted by Gasteiger charge is -2.16. The van der Waals surface area contributed by atoms with E-state index in [2.05, 4.69) is 6.58 Å². The molecule has 0 amide bonds. The van der Waals surface area contributed by atoms with Crippen molar-refractivity contribution >= 4 is 11.9 Å². The van der Waals surface area contributed by atoms with Gasteiger partial charge in [0.05, 0.1) is 13.2 Å². The molecule has 4 atom stereocenters. The predicted molar refractivity (Wildman–Crippen MR) is 55.1 cm³/mol. The monoisotopic (exact) mass is 242 g/mol. The zero-order chi connectivity index (χ0) is 12.4. The molecule has 0 spiro atoms. The molecule has 0 aromatic carbocycles. The number of hydrogen-bond acceptors (Lipinski definition) is 6. The molecular weight excluding hydrogens is 228 g/mol. The highest BCUT2D eigenvalue weighted by molar-refractivity contribution is 5.81. The van der Waals surface area contributed by atoms with Crippen LogP contribution in [-0.2, 0) is 28.5 Å². The first kappa shape index (κ1) is 12.1. The summed E-state index contributed by atoms with van der Waals surface area (Å²) in [4.78, 5) is 21.9. The molecule has 0 radical (unpaired) electrons. The third-order valence-electron chi connectivity index (χ3n) is 2.71. The second-order valence-corrected chi connectivity index (χ2v) is 3.92. The molecule has 17 heavy (non-hydrogen) atoms. The Morgan fingerprint density at radius 2 is 1.71 bits per heavy atom. The van der Waals surface area contributed by atoms with Crippen molar-refractivity contribution in [2.24, 2.45) is 0 Å². The normalized spacial score (nSPS) is 35.1. The smallest absolute Gasteiger partial charge is 0.330 e. The molecule has 0 saturated carbocycles. The molecule has 0 N–H and O–H groups in total. The van der Waals surface area contributed by atoms with E-state index in [4.69, 9.17) is 18.9 Å². The van der Waals surface area contributed by atoms with Gasteiger partial charge in [-0.2, -0.15) is 0 Å². The SMILES string of the molecule is C=CC(=O)O[C@@H]1CO[C@H]2[C@@H]1OC[C@@H]2OC(C)=O. The lowest BCUT2D eigenvalue weighted by Crippen LogP contribution is -2.35. The van der Waals surface area contributed by atoms with Gasteiger partial charge in [0, 0.05) is 13.0 Å². The first-order chi connectivity index (χ1) is 8.11. The van der Waals surface area contributed by atoms with Crippen LogP contribution in [0.4, 0.5) is 0 Å². The Labute approximate surface area is 98.5 Å². The first-order valence-corrected chi connectivity index (χ1v) is 5.35. The van der Waals surface area contributed by atoms with E-state index < -0.39 is 18.2 Å². The molecule has 0 aromatic rings. The van der Waals surface area contributed by atoms with E-state index >= 15 is 0 Å². The quantitative estimate of drug-likeness (QED) is 0.505. The molecule has 0 bridgehead atoms. The van der Waals surface area contributed by atoms with Crippen LogP contribution in [0.3, 0.4) is 0 Å². The standard InChI is InChI=1S/C11H14O6/c1-3-9(13)17-8-5-15-10-7(16-6(2)12)4-14-11(8)10/h3,7-8,10-11H,1,4-5H2,2H3/t7-,8+,10+,11+/m0/s1. The Morgan fingerprint density at radius 3 is 2.18 bits per heavy atom. The fourth-order valence-corrected chi connectivity index (χ4v) is 2.04. The van der Waals surface area contributed by atoms with Crippen LogP contribution in [0.15, 0.2) is 12.7 Å². The highest BCUT2D eigenvalue weighted by atomic mass is 16.7. The van der Waals surface area contributed by atoms with Gasteiger partial charge in [0.1, 0.15) is 12.2 Å². The predicted octanol–water partition coefficient (Wildman–Crippen LogP) is -0.187. The maximum Gasteiger partial charge on any atom is 0.330 e. The van der Waals surface area contributed by atoms with Gasteiger partial charge < -0.3 is 18.9 Å². The molecule has 2 heterocycles. The van der Waals surface area contributed by atoms with E-state index in [1.165, 1.54) is 6.92 Å². The van der Waals surface area contributed by atoms with Crippen LogP contribution in [0, 0.1) is 0 Å². The summed E-state index contributed by atoms with van der Waals surface area (Å²) in [5.74, 6) is -0.895. The summed E-state index contributed by atoms with van der Waals surface area (Å²) in [6.07, 6.45) is -0.535. The number of hydrogen-bond donors (Lipinski definition) is 0. The van der Waals surface area contributed by atoms with Crippen molar-refractivity contribution in [3.63, 3.8) is 0 Å². The van der Waals surface area contributed by atoms with Gasteiger partial charge in [-0.3, -0.25) is 4.79 Å². The summed E-state index contributed by atoms with van der Waals surface area (Å²) in [5.41, 5.74) is 0. The maximum atomic E-state index is 11.1. The summed E-state index contributed by atoms with van der Waals surface area (Å²) in [6, 6.07) is 0. The fraction of sp³-hybridized carbons (Fsp3) is 0.636. The van der Waals surface area contributed by atoms with Crippen molar-refractivity contribution in [2.45, 2.75) is 31.3 Å². The number of carbonyl (C=O) groups is 2. The van der Waals surface area contributed by atoms with E-state index in [0.29, 0.717) is 0 Å². The third-order valence-corrected chi connectivity index (χ3v) is 2.71. The summed E-state index contributed by atoms with van der Waals surface area (Å²) in [6.45, 7) is 5.15. The molecule has 2 aliphatic rings. The second kappa shape index (κ2) is 4.85. The largest absolute Gasteiger partial charge is 0.457 e. The highest BCUT2D eigenvalue weighted by Gasteiger charge is 2.50. The Morgan fingerprint density at radius 1 is 1.18 bits per heavy atom. The van der Waals surface area contributed by atoms with Gasteiger partial charge in [0.2, 0.25) is 0 Å². The number of ether oxygens (including phenoxy) is 4. The van der Waals surface area contributed by atoms with Gasteiger partial charge in [-0.25, -0.2) is 4.79 Å². The fourth-order valence-electron chi connectivity index (χ4n) is 2.04. The van der Waals surface area contributed by atoms with Crippen LogP contribution >= 0.6 is 0 Å². The molecular formula is C11H14O6. The summed E-state index contributed by atoms with van der Waals surface area (Å²) in [7, 11) is 0. The molecule has 2 aliphatic heterocycles. The minimum atomic E-state index is -0.515. The van der Waals surface area contributed by atoms with E-state index in [1.54, 1.807) is 0 Å². The number of fused-ring (bicyclic) bond motifs is 1. The van der Waals surface area contributed by atoms with Gasteiger partial charge in [-0.15, -0.1) is 0 Å². The van der Waals surface area contributed by atoms with Crippen molar-refractivity contribution in [3.8, 4) is 0 Å². The van der Waals surface area contributed by atoms with Crippen LogP contribution in [0.5, 0.6) is 0 Å². The lowest BCUT2D eigenvalue weighted by atomic mass is 10.1.